The highest BCUT2D eigenvalue weighted by atomic mass is 35.5. The number of rotatable bonds is 4. The first-order chi connectivity index (χ1) is 11.9. The number of benzene rings is 2. The largest absolute Gasteiger partial charge is 0.350 e. The third-order valence-electron chi connectivity index (χ3n) is 4.20. The maximum Gasteiger partial charge on any atom is 0.256 e. The van der Waals surface area contributed by atoms with Gasteiger partial charge in [-0.2, -0.15) is 0 Å². The van der Waals surface area contributed by atoms with Crippen molar-refractivity contribution in [2.24, 2.45) is 5.73 Å². The third kappa shape index (κ3) is 3.50. The predicted octanol–water partition coefficient (Wildman–Crippen LogP) is 2.23. The highest BCUT2D eigenvalue weighted by Gasteiger charge is 2.49. The van der Waals surface area contributed by atoms with Crippen molar-refractivity contribution in [3.63, 3.8) is 0 Å². The zero-order valence-corrected chi connectivity index (χ0v) is 14.1. The second-order valence-corrected chi connectivity index (χ2v) is 6.41. The monoisotopic (exact) mass is 361 g/mol. The lowest BCUT2D eigenvalue weighted by molar-refractivity contribution is -0.134. The van der Waals surface area contributed by atoms with E-state index in [1.807, 2.05) is 18.2 Å². The molecule has 1 saturated heterocycles. The summed E-state index contributed by atoms with van der Waals surface area (Å²) in [4.78, 5) is 26.6. The van der Waals surface area contributed by atoms with Crippen molar-refractivity contribution in [1.29, 1.82) is 0 Å². The Balaban J connectivity index is 1.70. The van der Waals surface area contributed by atoms with Gasteiger partial charge in [-0.15, -0.1) is 0 Å². The van der Waals surface area contributed by atoms with E-state index in [0.717, 1.165) is 0 Å². The van der Waals surface area contributed by atoms with Crippen molar-refractivity contribution in [1.82, 2.24) is 5.32 Å². The zero-order chi connectivity index (χ0) is 18.0. The minimum Gasteiger partial charge on any atom is -0.350 e. The van der Waals surface area contributed by atoms with Crippen LogP contribution in [0.15, 0.2) is 48.5 Å². The van der Waals surface area contributed by atoms with Crippen LogP contribution in [-0.4, -0.2) is 23.9 Å². The molecule has 1 heterocycles. The van der Waals surface area contributed by atoms with Crippen molar-refractivity contribution in [2.75, 3.05) is 11.4 Å². The van der Waals surface area contributed by atoms with Gasteiger partial charge < -0.3 is 16.0 Å². The molecule has 2 aromatic carbocycles. The molecule has 1 aliphatic rings. The summed E-state index contributed by atoms with van der Waals surface area (Å²) in [6, 6.07) is 13.0. The number of amides is 2. The van der Waals surface area contributed by atoms with Gasteiger partial charge in [0.05, 0.1) is 0 Å². The number of anilines is 1. The van der Waals surface area contributed by atoms with Gasteiger partial charge >= 0.3 is 0 Å². The quantitative estimate of drug-likeness (QED) is 0.820. The third-order valence-corrected chi connectivity index (χ3v) is 4.42. The fraction of sp³-hybridized carbons (Fsp3) is 0.222. The molecule has 130 valence electrons. The van der Waals surface area contributed by atoms with Crippen LogP contribution in [0.4, 0.5) is 10.1 Å². The Bertz CT molecular complexity index is 795. The summed E-state index contributed by atoms with van der Waals surface area (Å²) in [6.07, 6.45) is 0.205. The van der Waals surface area contributed by atoms with E-state index in [0.29, 0.717) is 17.8 Å². The van der Waals surface area contributed by atoms with Crippen LogP contribution < -0.4 is 16.0 Å². The van der Waals surface area contributed by atoms with Crippen LogP contribution in [0.3, 0.4) is 0 Å². The molecule has 0 saturated carbocycles. The van der Waals surface area contributed by atoms with E-state index in [1.54, 1.807) is 18.2 Å². The molecule has 5 nitrogen and oxygen atoms in total. The molecule has 25 heavy (non-hydrogen) atoms. The van der Waals surface area contributed by atoms with Crippen molar-refractivity contribution < 1.29 is 14.0 Å². The van der Waals surface area contributed by atoms with Gasteiger partial charge in [-0.25, -0.2) is 4.39 Å². The number of nitrogens with two attached hydrogens (primary N) is 1. The second-order valence-electron chi connectivity index (χ2n) is 5.97. The molecule has 0 radical (unpaired) electrons. The molecule has 2 amide bonds. The van der Waals surface area contributed by atoms with E-state index in [9.17, 15) is 14.0 Å². The van der Waals surface area contributed by atoms with Gasteiger partial charge in [0.25, 0.3) is 5.91 Å². The molecule has 0 spiro atoms. The second kappa shape index (κ2) is 6.82. The van der Waals surface area contributed by atoms with Gasteiger partial charge in [0.2, 0.25) is 5.91 Å². The molecule has 7 heteroatoms. The Morgan fingerprint density at radius 3 is 2.68 bits per heavy atom. The predicted molar refractivity (Wildman–Crippen MR) is 93.6 cm³/mol. The van der Waals surface area contributed by atoms with Crippen LogP contribution in [-0.2, 0) is 16.1 Å². The van der Waals surface area contributed by atoms with Crippen LogP contribution >= 0.6 is 11.6 Å². The van der Waals surface area contributed by atoms with E-state index < -0.39 is 23.2 Å². The first-order valence-electron chi connectivity index (χ1n) is 7.79. The SMILES string of the molecule is NC1(C(=O)NCc2cc(F)cc(Cl)c2)CCN(c2ccccc2)C1=O. The number of nitrogens with one attached hydrogen (secondary N) is 1. The summed E-state index contributed by atoms with van der Waals surface area (Å²) in [5, 5.41) is 2.84. The van der Waals surface area contributed by atoms with Crippen LogP contribution in [0, 0.1) is 5.82 Å². The molecule has 1 aliphatic heterocycles. The standard InChI is InChI=1S/C18H17ClFN3O2/c19-13-8-12(9-14(20)10-13)11-22-16(24)18(21)6-7-23(17(18)25)15-4-2-1-3-5-15/h1-5,8-10H,6-7,11,21H2,(H,22,24). The van der Waals surface area contributed by atoms with E-state index >= 15 is 0 Å². The first kappa shape index (κ1) is 17.4. The summed E-state index contributed by atoms with van der Waals surface area (Å²) in [5.41, 5.74) is 5.65. The lowest BCUT2D eigenvalue weighted by Gasteiger charge is -2.22. The van der Waals surface area contributed by atoms with Crippen molar-refractivity contribution in [3.05, 3.63) is 64.9 Å². The summed E-state index contributed by atoms with van der Waals surface area (Å²) < 4.78 is 13.3. The summed E-state index contributed by atoms with van der Waals surface area (Å²) in [7, 11) is 0. The van der Waals surface area contributed by atoms with E-state index in [-0.39, 0.29) is 18.0 Å². The molecule has 0 aliphatic carbocycles. The van der Waals surface area contributed by atoms with Gasteiger partial charge in [-0.1, -0.05) is 29.8 Å². The smallest absolute Gasteiger partial charge is 0.256 e. The Morgan fingerprint density at radius 2 is 2.00 bits per heavy atom. The van der Waals surface area contributed by atoms with Crippen LogP contribution in [0.2, 0.25) is 5.02 Å². The minimum atomic E-state index is -1.63. The fourth-order valence-corrected chi connectivity index (χ4v) is 3.10. The van der Waals surface area contributed by atoms with E-state index in [4.69, 9.17) is 17.3 Å². The Labute approximate surface area is 149 Å². The summed E-state index contributed by atoms with van der Waals surface area (Å²) >= 11 is 5.79. The highest BCUT2D eigenvalue weighted by Crippen LogP contribution is 2.27. The molecule has 0 aromatic heterocycles. The molecular formula is C18H17ClFN3O2. The van der Waals surface area contributed by atoms with Gasteiger partial charge in [0, 0.05) is 30.2 Å². The van der Waals surface area contributed by atoms with E-state index in [1.165, 1.54) is 17.0 Å². The van der Waals surface area contributed by atoms with Crippen molar-refractivity contribution in [3.8, 4) is 0 Å². The molecule has 1 fully saturated rings. The fourth-order valence-electron chi connectivity index (χ4n) is 2.86. The molecule has 1 atom stereocenters. The molecule has 0 bridgehead atoms. The van der Waals surface area contributed by atoms with Crippen LogP contribution in [0.5, 0.6) is 0 Å². The lowest BCUT2D eigenvalue weighted by Crippen LogP contribution is -2.58. The number of carbonyl (C=O) groups is 2. The summed E-state index contributed by atoms with van der Waals surface area (Å²) in [5.74, 6) is -1.53. The maximum atomic E-state index is 13.3. The lowest BCUT2D eigenvalue weighted by atomic mass is 9.98. The number of nitrogens with zero attached hydrogens (tertiary/aromatic N) is 1. The van der Waals surface area contributed by atoms with E-state index in [2.05, 4.69) is 5.32 Å². The minimum absolute atomic E-state index is 0.0356. The maximum absolute atomic E-state index is 13.3. The van der Waals surface area contributed by atoms with Gasteiger partial charge in [-0.3, -0.25) is 9.59 Å². The number of carbonyl (C=O) groups excluding carboxylic acids is 2. The summed E-state index contributed by atoms with van der Waals surface area (Å²) in [6.45, 7) is 0.395. The van der Waals surface area contributed by atoms with Gasteiger partial charge in [0.15, 0.2) is 5.54 Å². The molecular weight excluding hydrogens is 345 g/mol. The van der Waals surface area contributed by atoms with Crippen molar-refractivity contribution in [2.45, 2.75) is 18.5 Å². The topological polar surface area (TPSA) is 75.4 Å². The normalized spacial score (nSPS) is 20.0. The Morgan fingerprint density at radius 1 is 1.28 bits per heavy atom. The van der Waals surface area contributed by atoms with Gasteiger partial charge in [0.1, 0.15) is 5.82 Å². The van der Waals surface area contributed by atoms with Crippen molar-refractivity contribution >= 4 is 29.1 Å². The van der Waals surface area contributed by atoms with Gasteiger partial charge in [-0.05, 0) is 35.9 Å². The number of hydrogen-bond donors (Lipinski definition) is 2. The van der Waals surface area contributed by atoms with Crippen LogP contribution in [0.25, 0.3) is 0 Å². The molecule has 1 unspecified atom stereocenters. The average molecular weight is 362 g/mol. The number of para-hydroxylation sites is 1. The average Bonchev–Trinajstić information content (AvgIpc) is 2.89. The first-order valence-corrected chi connectivity index (χ1v) is 8.17. The Hall–Kier alpha value is -2.44. The van der Waals surface area contributed by atoms with Crippen LogP contribution in [0.1, 0.15) is 12.0 Å². The molecule has 3 rings (SSSR count). The number of halogens is 2. The molecule has 3 N–H and O–H groups in total. The number of hydrogen-bond acceptors (Lipinski definition) is 3. The Kier molecular flexibility index (Phi) is 4.74. The molecule has 2 aromatic rings. The zero-order valence-electron chi connectivity index (χ0n) is 13.3. The highest BCUT2D eigenvalue weighted by molar-refractivity contribution is 6.30.